The minimum atomic E-state index is -1.03. The van der Waals surface area contributed by atoms with Crippen molar-refractivity contribution >= 4 is 35.6 Å². The van der Waals surface area contributed by atoms with Gasteiger partial charge in [-0.1, -0.05) is 38.1 Å². The Kier molecular flexibility index (Phi) is 12.2. The normalized spacial score (nSPS) is 15.2. The first-order chi connectivity index (χ1) is 18.8. The lowest BCUT2D eigenvalue weighted by atomic mass is 9.96. The van der Waals surface area contributed by atoms with Crippen LogP contribution in [0.25, 0.3) is 0 Å². The number of nitrogens with two attached hydrogens (primary N) is 1. The van der Waals surface area contributed by atoms with Crippen LogP contribution >= 0.6 is 0 Å². The Hall–Kier alpha value is -3.80. The number of nitrogens with zero attached hydrogens (tertiary/aromatic N) is 2. The molecule has 0 saturated carbocycles. The Morgan fingerprint density at radius 3 is 2.20 bits per heavy atom. The number of esters is 1. The summed E-state index contributed by atoms with van der Waals surface area (Å²) in [7, 11) is 0. The molecule has 1 unspecified atom stereocenters. The number of amidine groups is 1. The molecule has 220 valence electrons. The third-order valence-corrected chi connectivity index (χ3v) is 6.10. The number of aliphatic imine (C=N–C) groups is 1. The smallest absolute Gasteiger partial charge is 0.427 e. The zero-order valence-corrected chi connectivity index (χ0v) is 23.8. The van der Waals surface area contributed by atoms with Crippen LogP contribution in [0, 0.1) is 11.3 Å². The first kappa shape index (κ1) is 32.4. The number of Topliss-reactive ketones (excluding diaryl/α,β-unsaturated/α-hetero) is 1. The van der Waals surface area contributed by atoms with E-state index < -0.39 is 36.2 Å². The van der Waals surface area contributed by atoms with Crippen molar-refractivity contribution in [3.8, 4) is 0 Å². The van der Waals surface area contributed by atoms with Crippen LogP contribution in [0.5, 0.6) is 0 Å². The van der Waals surface area contributed by atoms with Gasteiger partial charge in [0.05, 0.1) is 5.41 Å². The number of benzene rings is 1. The summed E-state index contributed by atoms with van der Waals surface area (Å²) in [5.41, 5.74) is 5.89. The second-order valence-corrected chi connectivity index (χ2v) is 10.6. The maximum Gasteiger partial charge on any atom is 0.438 e. The number of amides is 2. The van der Waals surface area contributed by atoms with Gasteiger partial charge in [0, 0.05) is 43.0 Å². The molecule has 12 nitrogen and oxygen atoms in total. The van der Waals surface area contributed by atoms with Gasteiger partial charge < -0.3 is 20.1 Å². The molecule has 1 atom stereocenters. The largest absolute Gasteiger partial charge is 0.438 e. The monoisotopic (exact) mass is 561 g/mol. The van der Waals surface area contributed by atoms with E-state index in [1.165, 1.54) is 24.3 Å². The lowest BCUT2D eigenvalue weighted by Gasteiger charge is -2.32. The highest BCUT2D eigenvalue weighted by molar-refractivity contribution is 6.04. The summed E-state index contributed by atoms with van der Waals surface area (Å²) < 4.78 is 9.59. The molecule has 0 radical (unpaired) electrons. The van der Waals surface area contributed by atoms with Gasteiger partial charge in [0.25, 0.3) is 0 Å². The quantitative estimate of drug-likeness (QED) is 0.0803. The number of ketones is 1. The Bertz CT molecular complexity index is 1090. The van der Waals surface area contributed by atoms with Gasteiger partial charge in [0.15, 0.2) is 5.78 Å². The zero-order valence-electron chi connectivity index (χ0n) is 23.8. The topological polar surface area (TPSA) is 164 Å². The van der Waals surface area contributed by atoms with E-state index in [-0.39, 0.29) is 30.1 Å². The van der Waals surface area contributed by atoms with Gasteiger partial charge in [-0.2, -0.15) is 9.88 Å². The van der Waals surface area contributed by atoms with Crippen molar-refractivity contribution in [1.82, 2.24) is 4.90 Å². The van der Waals surface area contributed by atoms with Gasteiger partial charge in [-0.3, -0.25) is 19.3 Å². The van der Waals surface area contributed by atoms with Crippen molar-refractivity contribution in [2.24, 2.45) is 22.1 Å². The first-order valence-electron chi connectivity index (χ1n) is 13.3. The molecule has 0 aromatic heterocycles. The standard InChI is InChI=1S/C28H39N3O9/c1-6-7-23(33)40-39-21-12-14-31(15-13-21)25(34)18(2)16-22(32)19-8-10-20(11-9-19)24(29)30-27(36)38-17-37-26(35)28(3,4)5/h8-11,18,21H,6-7,12-17H2,1-5H3,(H2,29,30,36). The van der Waals surface area contributed by atoms with Crippen molar-refractivity contribution in [3.63, 3.8) is 0 Å². The number of likely N-dealkylation sites (tertiary alicyclic amines) is 1. The summed E-state index contributed by atoms with van der Waals surface area (Å²) in [6, 6.07) is 6.14. The molecule has 0 aliphatic carbocycles. The summed E-state index contributed by atoms with van der Waals surface area (Å²) in [6.07, 6.45) is 0.765. The van der Waals surface area contributed by atoms with Gasteiger partial charge in [0.2, 0.25) is 12.7 Å². The lowest BCUT2D eigenvalue weighted by Crippen LogP contribution is -2.43. The summed E-state index contributed by atoms with van der Waals surface area (Å²) in [6.45, 7) is 8.88. The van der Waals surface area contributed by atoms with Crippen molar-refractivity contribution in [2.45, 2.75) is 72.8 Å². The molecule has 1 aliphatic rings. The molecule has 1 aliphatic heterocycles. The fraction of sp³-hybridized carbons (Fsp3) is 0.571. The predicted octanol–water partition coefficient (Wildman–Crippen LogP) is 3.55. The van der Waals surface area contributed by atoms with E-state index >= 15 is 0 Å². The van der Waals surface area contributed by atoms with Crippen LogP contribution in [-0.4, -0.2) is 66.4 Å². The molecule has 1 aromatic rings. The zero-order chi connectivity index (χ0) is 29.9. The van der Waals surface area contributed by atoms with E-state index in [1.807, 2.05) is 6.92 Å². The molecular formula is C28H39N3O9. The molecule has 2 N–H and O–H groups in total. The molecule has 2 rings (SSSR count). The summed E-state index contributed by atoms with van der Waals surface area (Å²) in [4.78, 5) is 75.9. The Balaban J connectivity index is 1.81. The highest BCUT2D eigenvalue weighted by Crippen LogP contribution is 2.20. The highest BCUT2D eigenvalue weighted by atomic mass is 17.2. The van der Waals surface area contributed by atoms with Gasteiger partial charge in [-0.25, -0.2) is 9.59 Å². The Morgan fingerprint density at radius 2 is 1.62 bits per heavy atom. The van der Waals surface area contributed by atoms with E-state index in [2.05, 4.69) is 4.99 Å². The van der Waals surface area contributed by atoms with Crippen LogP contribution in [-0.2, 0) is 33.6 Å². The SMILES string of the molecule is CCCC(=O)OOC1CCN(C(=O)C(C)CC(=O)c2ccc(/C(N)=N\C(=O)OCOC(=O)C(C)(C)C)cc2)CC1. The number of hydrogen-bond donors (Lipinski definition) is 1. The minimum absolute atomic E-state index is 0.0203. The second kappa shape index (κ2) is 15.1. The number of ether oxygens (including phenoxy) is 2. The Morgan fingerprint density at radius 1 is 1.02 bits per heavy atom. The van der Waals surface area contributed by atoms with Gasteiger partial charge in [0.1, 0.15) is 11.9 Å². The molecule has 1 saturated heterocycles. The molecule has 0 bridgehead atoms. The van der Waals surface area contributed by atoms with Crippen molar-refractivity contribution in [2.75, 3.05) is 19.9 Å². The van der Waals surface area contributed by atoms with Crippen LogP contribution in [0.1, 0.15) is 82.6 Å². The summed E-state index contributed by atoms with van der Waals surface area (Å²) in [5.74, 6) is -1.95. The summed E-state index contributed by atoms with van der Waals surface area (Å²) >= 11 is 0. The van der Waals surface area contributed by atoms with Crippen LogP contribution in [0.2, 0.25) is 0 Å². The van der Waals surface area contributed by atoms with Gasteiger partial charge >= 0.3 is 18.0 Å². The third-order valence-electron chi connectivity index (χ3n) is 6.10. The Labute approximate surface area is 234 Å². The van der Waals surface area contributed by atoms with Crippen molar-refractivity contribution in [3.05, 3.63) is 35.4 Å². The van der Waals surface area contributed by atoms with Crippen LogP contribution < -0.4 is 5.73 Å². The second-order valence-electron chi connectivity index (χ2n) is 10.6. The van der Waals surface area contributed by atoms with Crippen LogP contribution in [0.4, 0.5) is 4.79 Å². The average Bonchev–Trinajstić information content (AvgIpc) is 2.91. The average molecular weight is 562 g/mol. The number of hydrogen-bond acceptors (Lipinski definition) is 9. The number of rotatable bonds is 11. The molecule has 0 spiro atoms. The third kappa shape index (κ3) is 10.4. The van der Waals surface area contributed by atoms with E-state index in [0.717, 1.165) is 0 Å². The number of carbonyl (C=O) groups is 5. The fourth-order valence-electron chi connectivity index (χ4n) is 3.71. The molecule has 1 aromatic carbocycles. The van der Waals surface area contributed by atoms with Gasteiger partial charge in [-0.05, 0) is 40.0 Å². The first-order valence-corrected chi connectivity index (χ1v) is 13.3. The molecule has 1 fully saturated rings. The highest BCUT2D eigenvalue weighted by Gasteiger charge is 2.29. The fourth-order valence-corrected chi connectivity index (χ4v) is 3.71. The van der Waals surface area contributed by atoms with Crippen molar-refractivity contribution in [1.29, 1.82) is 0 Å². The molecular weight excluding hydrogens is 522 g/mol. The number of carbonyl (C=O) groups excluding carboxylic acids is 5. The van der Waals surface area contributed by atoms with Crippen LogP contribution in [0.15, 0.2) is 29.3 Å². The van der Waals surface area contributed by atoms with Crippen LogP contribution in [0.3, 0.4) is 0 Å². The minimum Gasteiger partial charge on any atom is -0.427 e. The van der Waals surface area contributed by atoms with E-state index in [4.69, 9.17) is 25.0 Å². The maximum atomic E-state index is 12.9. The van der Waals surface area contributed by atoms with Crippen molar-refractivity contribution < 1.29 is 43.2 Å². The maximum absolute atomic E-state index is 12.9. The summed E-state index contributed by atoms with van der Waals surface area (Å²) in [5, 5.41) is 0. The molecule has 1 heterocycles. The van der Waals surface area contributed by atoms with Gasteiger partial charge in [-0.15, -0.1) is 0 Å². The molecule has 40 heavy (non-hydrogen) atoms. The predicted molar refractivity (Wildman–Crippen MR) is 144 cm³/mol. The lowest BCUT2D eigenvalue weighted by molar-refractivity contribution is -0.303. The molecule has 12 heteroatoms. The van der Waals surface area contributed by atoms with E-state index in [1.54, 1.807) is 32.6 Å². The number of piperidine rings is 1. The van der Waals surface area contributed by atoms with E-state index in [9.17, 15) is 24.0 Å². The van der Waals surface area contributed by atoms with E-state index in [0.29, 0.717) is 49.9 Å². The molecule has 2 amide bonds.